The van der Waals surface area contributed by atoms with Crippen molar-refractivity contribution in [2.45, 2.75) is 198 Å². The molecule has 1 heterocycles. The molecule has 8 nitrogen and oxygen atoms in total. The van der Waals surface area contributed by atoms with Crippen molar-refractivity contribution < 1.29 is 62.8 Å². The summed E-state index contributed by atoms with van der Waals surface area (Å²) >= 11 is 0. The van der Waals surface area contributed by atoms with Gasteiger partial charge in [-0.2, -0.15) is 0 Å². The molecule has 9 heteroatoms. The van der Waals surface area contributed by atoms with Crippen molar-refractivity contribution in [3.63, 3.8) is 0 Å². The van der Waals surface area contributed by atoms with Crippen LogP contribution in [-0.4, -0.2) is 97.4 Å². The van der Waals surface area contributed by atoms with Gasteiger partial charge in [0.25, 0.3) is 0 Å². The van der Waals surface area contributed by atoms with Crippen molar-refractivity contribution in [3.05, 3.63) is 0 Å². The molecule has 0 aromatic carbocycles. The topological polar surface area (TPSA) is 105 Å². The Bertz CT molecular complexity index is 708. The lowest BCUT2D eigenvalue weighted by atomic mass is 9.99. The normalized spacial score (nSPS) is 21.5. The summed E-state index contributed by atoms with van der Waals surface area (Å²) in [7, 11) is 6.25. The van der Waals surface area contributed by atoms with Gasteiger partial charge in [0.2, 0.25) is 0 Å². The third-order valence-electron chi connectivity index (χ3n) is 9.32. The first-order chi connectivity index (χ1) is 22.2. The fourth-order valence-electron chi connectivity index (χ4n) is 6.23. The molecule has 0 amide bonds. The third-order valence-corrected chi connectivity index (χ3v) is 9.32. The Morgan fingerprint density at radius 3 is 1.40 bits per heavy atom. The van der Waals surface area contributed by atoms with E-state index in [2.05, 4.69) is 28.1 Å². The van der Waals surface area contributed by atoms with Gasteiger partial charge in [-0.15, -0.1) is 0 Å². The molecule has 0 saturated carbocycles. The maximum atomic E-state index is 12.2. The molecule has 5 atom stereocenters. The van der Waals surface area contributed by atoms with E-state index >= 15 is 0 Å². The fourth-order valence-corrected chi connectivity index (χ4v) is 6.23. The Labute approximate surface area is 306 Å². The molecule has 0 aromatic heterocycles. The molecule has 1 rings (SSSR count). The van der Waals surface area contributed by atoms with E-state index in [1.165, 1.54) is 128 Å². The van der Waals surface area contributed by atoms with E-state index in [9.17, 15) is 20.1 Å². The number of hydrogen-bond donors (Lipinski definition) is 3. The van der Waals surface area contributed by atoms with Gasteiger partial charge in [-0.1, -0.05) is 148 Å². The average molecular weight is 786 g/mol. The lowest BCUT2D eigenvalue weighted by Crippen LogP contribution is -3.00. The number of aliphatic hydroxyl groups excluding tert-OH is 3. The van der Waals surface area contributed by atoms with Crippen LogP contribution >= 0.6 is 0 Å². The van der Waals surface area contributed by atoms with Crippen molar-refractivity contribution in [1.29, 1.82) is 0 Å². The molecule has 282 valence electrons. The van der Waals surface area contributed by atoms with Gasteiger partial charge < -0.3 is 58.0 Å². The standard InChI is InChI=1S/C38H76NO7.HI/c1-5-6-7-8-9-10-11-12-13-14-15-16-17-18-19-20-21-22-23-24-25-26-27-29-34(40)45-32-33-35(41)36(42)37(43)38(46-33)44-31-28-30-39(2,3)4;/h33,35-38,41-43H,5-32H2,1-4H3;1H/q+1;/p-1/t33-,35+,36-,37-,38?;/m0./s1. The smallest absolute Gasteiger partial charge is 0.305 e. The summed E-state index contributed by atoms with van der Waals surface area (Å²) in [6.45, 7) is 3.34. The summed E-state index contributed by atoms with van der Waals surface area (Å²) in [4.78, 5) is 12.2. The molecule has 1 aliphatic rings. The summed E-state index contributed by atoms with van der Waals surface area (Å²) in [5.41, 5.74) is 0. The second kappa shape index (κ2) is 30.8. The maximum absolute atomic E-state index is 12.2. The van der Waals surface area contributed by atoms with Crippen molar-refractivity contribution in [2.75, 3.05) is 40.9 Å². The number of aliphatic hydroxyl groups is 3. The monoisotopic (exact) mass is 785 g/mol. The number of hydrogen-bond acceptors (Lipinski definition) is 7. The van der Waals surface area contributed by atoms with Crippen LogP contribution in [0.2, 0.25) is 0 Å². The highest BCUT2D eigenvalue weighted by molar-refractivity contribution is 5.69. The van der Waals surface area contributed by atoms with Crippen LogP contribution in [0.3, 0.4) is 0 Å². The lowest BCUT2D eigenvalue weighted by molar-refractivity contribution is -0.870. The van der Waals surface area contributed by atoms with Crippen LogP contribution in [-0.2, 0) is 19.0 Å². The highest BCUT2D eigenvalue weighted by atomic mass is 127. The predicted molar refractivity (Wildman–Crippen MR) is 188 cm³/mol. The SMILES string of the molecule is CCCCCCCCCCCCCCCCCCCCCCCCCC(=O)OC[C@@H]1OC(OCCC[N+](C)(C)C)[C@@H](O)[C@@H](O)[C@@H]1O.[I-]. The molecule has 0 aromatic rings. The zero-order chi connectivity index (χ0) is 33.9. The van der Waals surface area contributed by atoms with E-state index in [-0.39, 0.29) is 36.6 Å². The zero-order valence-electron chi connectivity index (χ0n) is 31.0. The number of carbonyl (C=O) groups excluding carboxylic acids is 1. The molecule has 0 spiro atoms. The first kappa shape index (κ1) is 47.0. The minimum absolute atomic E-state index is 0. The van der Waals surface area contributed by atoms with E-state index < -0.39 is 30.7 Å². The second-order valence-electron chi connectivity index (χ2n) is 15.0. The Balaban J connectivity index is 0.0000212. The summed E-state index contributed by atoms with van der Waals surface area (Å²) in [6, 6.07) is 0. The largest absolute Gasteiger partial charge is 1.00 e. The number of nitrogens with zero attached hydrogens (tertiary/aromatic N) is 1. The van der Waals surface area contributed by atoms with Crippen molar-refractivity contribution in [2.24, 2.45) is 0 Å². The minimum Gasteiger partial charge on any atom is -1.00 e. The number of halogens is 1. The molecule has 0 radical (unpaired) electrons. The molecule has 0 bridgehead atoms. The summed E-state index contributed by atoms with van der Waals surface area (Å²) in [5, 5.41) is 30.8. The molecule has 1 unspecified atom stereocenters. The van der Waals surface area contributed by atoms with Crippen LogP contribution in [0.4, 0.5) is 0 Å². The van der Waals surface area contributed by atoms with E-state index in [0.717, 1.165) is 36.7 Å². The average Bonchev–Trinajstić information content (AvgIpc) is 3.02. The van der Waals surface area contributed by atoms with Crippen LogP contribution in [0.1, 0.15) is 167 Å². The molecule has 3 N–H and O–H groups in total. The summed E-state index contributed by atoms with van der Waals surface area (Å²) < 4.78 is 17.4. The van der Waals surface area contributed by atoms with Crippen LogP contribution in [0, 0.1) is 0 Å². The maximum Gasteiger partial charge on any atom is 0.305 e. The molecular formula is C38H76INO7. The highest BCUT2D eigenvalue weighted by Gasteiger charge is 2.44. The molecule has 47 heavy (non-hydrogen) atoms. The van der Waals surface area contributed by atoms with Crippen LogP contribution in [0.15, 0.2) is 0 Å². The summed E-state index contributed by atoms with van der Waals surface area (Å²) in [5.74, 6) is -0.333. The first-order valence-electron chi connectivity index (χ1n) is 19.4. The first-order valence-corrected chi connectivity index (χ1v) is 19.4. The number of unbranched alkanes of at least 4 members (excludes halogenated alkanes) is 22. The van der Waals surface area contributed by atoms with Gasteiger partial charge in [0, 0.05) is 12.8 Å². The lowest BCUT2D eigenvalue weighted by Gasteiger charge is -2.40. The quantitative estimate of drug-likeness (QED) is 0.0401. The van der Waals surface area contributed by atoms with Crippen molar-refractivity contribution >= 4 is 5.97 Å². The van der Waals surface area contributed by atoms with Gasteiger partial charge in [0.15, 0.2) is 6.29 Å². The van der Waals surface area contributed by atoms with E-state index in [1.54, 1.807) is 0 Å². The van der Waals surface area contributed by atoms with E-state index in [1.807, 2.05) is 0 Å². The minimum atomic E-state index is -1.43. The number of carbonyl (C=O) groups is 1. The third kappa shape index (κ3) is 26.4. The molecule has 1 fully saturated rings. The van der Waals surface area contributed by atoms with Gasteiger partial charge in [0.05, 0.1) is 34.3 Å². The number of esters is 1. The van der Waals surface area contributed by atoms with E-state index in [4.69, 9.17) is 14.2 Å². The van der Waals surface area contributed by atoms with Crippen molar-refractivity contribution in [3.8, 4) is 0 Å². The predicted octanol–water partition coefficient (Wildman–Crippen LogP) is 4.84. The van der Waals surface area contributed by atoms with Gasteiger partial charge in [-0.3, -0.25) is 4.79 Å². The van der Waals surface area contributed by atoms with Gasteiger partial charge in [0.1, 0.15) is 31.0 Å². The van der Waals surface area contributed by atoms with Crippen molar-refractivity contribution in [1.82, 2.24) is 0 Å². The van der Waals surface area contributed by atoms with Gasteiger partial charge in [-0.25, -0.2) is 0 Å². The molecular weight excluding hydrogens is 709 g/mol. The van der Waals surface area contributed by atoms with Crippen LogP contribution in [0.5, 0.6) is 0 Å². The number of rotatable bonds is 31. The molecule has 0 aliphatic carbocycles. The Kier molecular flexibility index (Phi) is 30.7. The Hall–Kier alpha value is -0.0400. The number of quaternary nitrogens is 1. The van der Waals surface area contributed by atoms with Crippen LogP contribution in [0.25, 0.3) is 0 Å². The highest BCUT2D eigenvalue weighted by Crippen LogP contribution is 2.23. The Morgan fingerprint density at radius 2 is 1.00 bits per heavy atom. The Morgan fingerprint density at radius 1 is 0.596 bits per heavy atom. The van der Waals surface area contributed by atoms with Crippen LogP contribution < -0.4 is 24.0 Å². The molecule has 1 aliphatic heterocycles. The van der Waals surface area contributed by atoms with E-state index in [0.29, 0.717) is 13.0 Å². The van der Waals surface area contributed by atoms with Gasteiger partial charge >= 0.3 is 5.97 Å². The summed E-state index contributed by atoms with van der Waals surface area (Å²) in [6.07, 6.45) is 25.7. The zero-order valence-corrected chi connectivity index (χ0v) is 33.1. The fraction of sp³-hybridized carbons (Fsp3) is 0.974. The van der Waals surface area contributed by atoms with Gasteiger partial charge in [-0.05, 0) is 6.42 Å². The number of ether oxygens (including phenoxy) is 3. The second-order valence-corrected chi connectivity index (χ2v) is 15.0. The molecule has 1 saturated heterocycles.